The Morgan fingerprint density at radius 1 is 1.42 bits per heavy atom. The average Bonchev–Trinajstić information content (AvgIpc) is 1.82. The zero-order valence-electron chi connectivity index (χ0n) is 5.68. The molecular formula is C6H4F3NOS. The monoisotopic (exact) mass is 195 g/mol. The maximum absolute atomic E-state index is 11.6. The fourth-order valence-electron chi connectivity index (χ4n) is 0.609. The van der Waals surface area contributed by atoms with Crippen molar-refractivity contribution in [3.63, 3.8) is 0 Å². The molecule has 0 atom stereocenters. The Balaban J connectivity index is 2.84. The van der Waals surface area contributed by atoms with Crippen LogP contribution in [-0.4, -0.2) is 11.3 Å². The lowest BCUT2D eigenvalue weighted by molar-refractivity contribution is -0.276. The SMILES string of the molecule is FC(F)(F)Oc1cc(=S)cc[nH]1. The van der Waals surface area contributed by atoms with Gasteiger partial charge in [-0.05, 0) is 6.07 Å². The van der Waals surface area contributed by atoms with Crippen LogP contribution < -0.4 is 4.74 Å². The molecule has 0 saturated carbocycles. The minimum Gasteiger partial charge on any atom is -0.390 e. The molecule has 2 nitrogen and oxygen atoms in total. The number of halogens is 3. The zero-order valence-corrected chi connectivity index (χ0v) is 6.50. The summed E-state index contributed by atoms with van der Waals surface area (Å²) >= 11 is 4.62. The van der Waals surface area contributed by atoms with Crippen LogP contribution in [0, 0.1) is 4.51 Å². The van der Waals surface area contributed by atoms with Crippen molar-refractivity contribution in [3.8, 4) is 5.88 Å². The third-order valence-corrected chi connectivity index (χ3v) is 1.23. The highest BCUT2D eigenvalue weighted by molar-refractivity contribution is 7.71. The fraction of sp³-hybridized carbons (Fsp3) is 0.167. The van der Waals surface area contributed by atoms with Crippen LogP contribution in [0.25, 0.3) is 0 Å². The van der Waals surface area contributed by atoms with Crippen LogP contribution in [0.5, 0.6) is 5.88 Å². The first-order valence-corrected chi connectivity index (χ1v) is 3.33. The zero-order chi connectivity index (χ0) is 9.19. The normalized spacial score (nSPS) is 11.2. The Morgan fingerprint density at radius 3 is 2.58 bits per heavy atom. The second-order valence-electron chi connectivity index (χ2n) is 1.94. The van der Waals surface area contributed by atoms with Crippen LogP contribution in [-0.2, 0) is 0 Å². The number of aromatic nitrogens is 1. The highest BCUT2D eigenvalue weighted by atomic mass is 32.1. The number of hydrogen-bond acceptors (Lipinski definition) is 2. The van der Waals surface area contributed by atoms with Gasteiger partial charge in [0.1, 0.15) is 0 Å². The van der Waals surface area contributed by atoms with Gasteiger partial charge in [0.05, 0.1) is 0 Å². The highest BCUT2D eigenvalue weighted by Crippen LogP contribution is 2.19. The van der Waals surface area contributed by atoms with E-state index >= 15 is 0 Å². The lowest BCUT2D eigenvalue weighted by Crippen LogP contribution is -2.17. The van der Waals surface area contributed by atoms with Crippen LogP contribution in [0.2, 0.25) is 0 Å². The minimum atomic E-state index is -4.68. The van der Waals surface area contributed by atoms with Crippen LogP contribution in [0.1, 0.15) is 0 Å². The molecule has 1 heterocycles. The number of nitrogens with one attached hydrogen (secondary N) is 1. The van der Waals surface area contributed by atoms with Crippen LogP contribution in [0.3, 0.4) is 0 Å². The second-order valence-corrected chi connectivity index (χ2v) is 2.41. The summed E-state index contributed by atoms with van der Waals surface area (Å²) in [6.07, 6.45) is -3.40. The Morgan fingerprint density at radius 2 is 2.08 bits per heavy atom. The van der Waals surface area contributed by atoms with Gasteiger partial charge in [0.2, 0.25) is 5.88 Å². The molecule has 1 rings (SSSR count). The van der Waals surface area contributed by atoms with E-state index in [1.807, 2.05) is 0 Å². The maximum atomic E-state index is 11.6. The Hall–Kier alpha value is -1.04. The number of ether oxygens (including phenoxy) is 1. The summed E-state index contributed by atoms with van der Waals surface area (Å²) in [6.45, 7) is 0. The lowest BCUT2D eigenvalue weighted by Gasteiger charge is -2.07. The van der Waals surface area contributed by atoms with E-state index in [1.54, 1.807) is 0 Å². The summed E-state index contributed by atoms with van der Waals surface area (Å²) in [5.41, 5.74) is 0. The summed E-state index contributed by atoms with van der Waals surface area (Å²) in [7, 11) is 0. The predicted molar refractivity (Wildman–Crippen MR) is 38.3 cm³/mol. The van der Waals surface area contributed by atoms with E-state index in [2.05, 4.69) is 21.9 Å². The van der Waals surface area contributed by atoms with Gasteiger partial charge in [-0.3, -0.25) is 0 Å². The van der Waals surface area contributed by atoms with E-state index in [0.717, 1.165) is 6.07 Å². The van der Waals surface area contributed by atoms with Crippen LogP contribution in [0.4, 0.5) is 13.2 Å². The molecular weight excluding hydrogens is 191 g/mol. The molecule has 1 aromatic heterocycles. The van der Waals surface area contributed by atoms with Gasteiger partial charge in [0.25, 0.3) is 0 Å². The summed E-state index contributed by atoms with van der Waals surface area (Å²) < 4.78 is 38.6. The fourth-order valence-corrected chi connectivity index (χ4v) is 0.784. The molecule has 0 aromatic carbocycles. The molecule has 12 heavy (non-hydrogen) atoms. The lowest BCUT2D eigenvalue weighted by atomic mass is 10.5. The summed E-state index contributed by atoms with van der Waals surface area (Å²) in [5.74, 6) is -0.407. The number of rotatable bonds is 1. The van der Waals surface area contributed by atoms with Crippen molar-refractivity contribution >= 4 is 12.2 Å². The quantitative estimate of drug-likeness (QED) is 0.697. The second kappa shape index (κ2) is 3.14. The Bertz CT molecular complexity index is 319. The van der Waals surface area contributed by atoms with Crippen molar-refractivity contribution in [2.75, 3.05) is 0 Å². The van der Waals surface area contributed by atoms with Gasteiger partial charge in [-0.1, -0.05) is 12.2 Å². The molecule has 0 fully saturated rings. The highest BCUT2D eigenvalue weighted by Gasteiger charge is 2.31. The van der Waals surface area contributed by atoms with Gasteiger partial charge in [-0.15, -0.1) is 13.2 Å². The Kier molecular flexibility index (Phi) is 2.37. The molecule has 0 bridgehead atoms. The van der Waals surface area contributed by atoms with E-state index in [9.17, 15) is 13.2 Å². The van der Waals surface area contributed by atoms with Gasteiger partial charge < -0.3 is 9.72 Å². The topological polar surface area (TPSA) is 25.0 Å². The minimum absolute atomic E-state index is 0.285. The molecule has 0 amide bonds. The van der Waals surface area contributed by atoms with Gasteiger partial charge in [-0.25, -0.2) is 0 Å². The number of H-pyrrole nitrogens is 1. The summed E-state index contributed by atoms with van der Waals surface area (Å²) in [5, 5.41) is 0. The number of alkyl halides is 3. The first-order valence-electron chi connectivity index (χ1n) is 2.92. The standard InChI is InChI=1S/C6H4F3NOS/c7-6(8,9)11-5-3-4(12)1-2-10-5/h1-3H,(H,10,12). The average molecular weight is 195 g/mol. The molecule has 0 aliphatic rings. The molecule has 0 unspecified atom stereocenters. The first kappa shape index (κ1) is 9.05. The van der Waals surface area contributed by atoms with E-state index in [4.69, 9.17) is 0 Å². The predicted octanol–water partition coefficient (Wildman–Crippen LogP) is 2.64. The van der Waals surface area contributed by atoms with Gasteiger partial charge >= 0.3 is 6.36 Å². The number of aromatic amines is 1. The molecule has 0 aliphatic heterocycles. The van der Waals surface area contributed by atoms with E-state index in [-0.39, 0.29) is 4.51 Å². The molecule has 0 radical (unpaired) electrons. The number of pyridine rings is 1. The molecule has 66 valence electrons. The van der Waals surface area contributed by atoms with Crippen molar-refractivity contribution in [3.05, 3.63) is 22.8 Å². The van der Waals surface area contributed by atoms with Crippen molar-refractivity contribution in [1.29, 1.82) is 0 Å². The van der Waals surface area contributed by atoms with Crippen molar-refractivity contribution in [2.45, 2.75) is 6.36 Å². The first-order chi connectivity index (χ1) is 5.47. The number of hydrogen-bond donors (Lipinski definition) is 1. The van der Waals surface area contributed by atoms with Gasteiger partial charge in [0, 0.05) is 16.8 Å². The summed E-state index contributed by atoms with van der Waals surface area (Å²) in [4.78, 5) is 2.26. The summed E-state index contributed by atoms with van der Waals surface area (Å²) in [6, 6.07) is 2.54. The third kappa shape index (κ3) is 2.91. The molecule has 0 spiro atoms. The maximum Gasteiger partial charge on any atom is 0.574 e. The van der Waals surface area contributed by atoms with Crippen molar-refractivity contribution in [2.24, 2.45) is 0 Å². The van der Waals surface area contributed by atoms with E-state index in [1.165, 1.54) is 12.3 Å². The third-order valence-electron chi connectivity index (χ3n) is 0.972. The van der Waals surface area contributed by atoms with Crippen molar-refractivity contribution in [1.82, 2.24) is 4.98 Å². The molecule has 1 aromatic rings. The Labute approximate surface area is 71.0 Å². The molecule has 0 aliphatic carbocycles. The van der Waals surface area contributed by atoms with Crippen LogP contribution in [0.15, 0.2) is 18.3 Å². The molecule has 0 saturated heterocycles. The molecule has 6 heteroatoms. The van der Waals surface area contributed by atoms with E-state index in [0.29, 0.717) is 0 Å². The van der Waals surface area contributed by atoms with Crippen LogP contribution >= 0.6 is 12.2 Å². The van der Waals surface area contributed by atoms with Crippen molar-refractivity contribution < 1.29 is 17.9 Å². The molecule has 1 N–H and O–H groups in total. The smallest absolute Gasteiger partial charge is 0.390 e. The largest absolute Gasteiger partial charge is 0.574 e. The van der Waals surface area contributed by atoms with Gasteiger partial charge in [-0.2, -0.15) is 0 Å². The van der Waals surface area contributed by atoms with E-state index < -0.39 is 12.2 Å². The van der Waals surface area contributed by atoms with Gasteiger partial charge in [0.15, 0.2) is 0 Å².